The largest absolute Gasteiger partial charge is 0.397 e. The van der Waals surface area contributed by atoms with Gasteiger partial charge in [-0.2, -0.15) is 0 Å². The molecule has 0 atom stereocenters. The van der Waals surface area contributed by atoms with Crippen LogP contribution >= 0.6 is 0 Å². The molecule has 0 aromatic carbocycles. The summed E-state index contributed by atoms with van der Waals surface area (Å²) in [5.41, 5.74) is 0. The molecule has 1 radical (unpaired) electrons. The average molecular weight is 181 g/mol. The predicted molar refractivity (Wildman–Crippen MR) is 25.5 cm³/mol. The molecule has 0 amide bonds. The van der Waals surface area contributed by atoms with Crippen LogP contribution in [-0.4, -0.2) is 23.4 Å². The van der Waals surface area contributed by atoms with Crippen molar-refractivity contribution in [2.75, 3.05) is 13.2 Å². The monoisotopic (exact) mass is 181 g/mol. The van der Waals surface area contributed by atoms with Crippen molar-refractivity contribution in [3.63, 3.8) is 0 Å². The predicted octanol–water partition coefficient (Wildman–Crippen LogP) is -0.00530. The third-order valence-corrected chi connectivity index (χ3v) is 0. The van der Waals surface area contributed by atoms with E-state index in [0.29, 0.717) is 0 Å². The van der Waals surface area contributed by atoms with Crippen LogP contribution in [-0.2, 0) is 32.7 Å². The summed E-state index contributed by atoms with van der Waals surface area (Å²) in [5, 5.41) is 15.1. The Morgan fingerprint density at radius 2 is 1.00 bits per heavy atom. The summed E-state index contributed by atoms with van der Waals surface area (Å²) in [6.45, 7) is 3.86. The van der Waals surface area contributed by atoms with Crippen LogP contribution < -0.4 is 0 Å². The van der Waals surface area contributed by atoms with E-state index in [-0.39, 0.29) is 45.9 Å². The van der Waals surface area contributed by atoms with Gasteiger partial charge in [0.25, 0.3) is 0 Å². The van der Waals surface area contributed by atoms with E-state index in [1.54, 1.807) is 13.8 Å². The van der Waals surface area contributed by atoms with Crippen molar-refractivity contribution in [1.82, 2.24) is 0 Å². The Kier molecular flexibility index (Phi) is 62.5. The molecule has 2 N–H and O–H groups in total. The van der Waals surface area contributed by atoms with Crippen molar-refractivity contribution in [3.8, 4) is 0 Å². The summed E-state index contributed by atoms with van der Waals surface area (Å²) in [6.07, 6.45) is 0. The fourth-order valence-corrected chi connectivity index (χ4v) is 0. The average Bonchev–Trinajstić information content (AvgIpc) is 1.39. The molecule has 0 saturated heterocycles. The van der Waals surface area contributed by atoms with Gasteiger partial charge in [0.15, 0.2) is 0 Å². The van der Waals surface area contributed by atoms with Crippen LogP contribution in [0.2, 0.25) is 0 Å². The van der Waals surface area contributed by atoms with Gasteiger partial charge in [-0.15, -0.1) is 0 Å². The Bertz CT molecular complexity index is 11.7. The van der Waals surface area contributed by atoms with Crippen LogP contribution in [0.1, 0.15) is 13.8 Å². The van der Waals surface area contributed by atoms with Crippen molar-refractivity contribution < 1.29 is 42.9 Å². The first-order valence-electron chi connectivity index (χ1n) is 2.05. The van der Waals surface area contributed by atoms with Gasteiger partial charge in [-0.05, 0) is 13.8 Å². The van der Waals surface area contributed by atoms with Gasteiger partial charge in [0.05, 0.1) is 0 Å². The molecule has 0 aromatic heterocycles. The quantitative estimate of drug-likeness (QED) is 0.552. The standard InChI is InChI=1S/2C2H6O.Y/c2*1-2-3;/h2*3H,2H2,1H3;. The fraction of sp³-hybridized carbons (Fsp3) is 1.00. The van der Waals surface area contributed by atoms with Crippen LogP contribution in [0.5, 0.6) is 0 Å². The Labute approximate surface area is 69.8 Å². The molecular weight excluding hydrogens is 169 g/mol. The molecule has 0 bridgehead atoms. The molecule has 0 spiro atoms. The molecule has 0 heterocycles. The van der Waals surface area contributed by atoms with E-state index in [1.807, 2.05) is 0 Å². The Morgan fingerprint density at radius 1 is 1.00 bits per heavy atom. The van der Waals surface area contributed by atoms with Gasteiger partial charge in [-0.3, -0.25) is 0 Å². The second-order valence-electron chi connectivity index (χ2n) is 0.632. The van der Waals surface area contributed by atoms with Gasteiger partial charge in [-0.25, -0.2) is 0 Å². The first-order chi connectivity index (χ1) is 2.83. The number of rotatable bonds is 0. The van der Waals surface area contributed by atoms with Crippen LogP contribution in [0.4, 0.5) is 0 Å². The minimum absolute atomic E-state index is 0. The van der Waals surface area contributed by atoms with Gasteiger partial charge in [0.1, 0.15) is 0 Å². The summed E-state index contributed by atoms with van der Waals surface area (Å²) >= 11 is 0. The molecular formula is C4H12O2Y. The van der Waals surface area contributed by atoms with Crippen molar-refractivity contribution in [2.24, 2.45) is 0 Å². The summed E-state index contributed by atoms with van der Waals surface area (Å²) in [5.74, 6) is 0. The normalized spacial score (nSPS) is 5.14. The maximum atomic E-state index is 7.57. The summed E-state index contributed by atoms with van der Waals surface area (Å²) < 4.78 is 0. The second-order valence-corrected chi connectivity index (χ2v) is 0.632. The van der Waals surface area contributed by atoms with Crippen LogP contribution in [0.25, 0.3) is 0 Å². The number of hydrogen-bond donors (Lipinski definition) is 2. The summed E-state index contributed by atoms with van der Waals surface area (Å²) in [4.78, 5) is 0. The molecule has 0 fully saturated rings. The van der Waals surface area contributed by atoms with E-state index in [1.165, 1.54) is 0 Å². The van der Waals surface area contributed by atoms with Crippen molar-refractivity contribution in [2.45, 2.75) is 13.8 Å². The van der Waals surface area contributed by atoms with Crippen LogP contribution in [0, 0.1) is 0 Å². The summed E-state index contributed by atoms with van der Waals surface area (Å²) in [6, 6.07) is 0. The number of hydrogen-bond acceptors (Lipinski definition) is 2. The van der Waals surface area contributed by atoms with E-state index in [9.17, 15) is 0 Å². The fourth-order valence-electron chi connectivity index (χ4n) is 0. The second kappa shape index (κ2) is 27.9. The molecule has 0 aliphatic carbocycles. The molecule has 2 nitrogen and oxygen atoms in total. The maximum absolute atomic E-state index is 7.57. The van der Waals surface area contributed by atoms with Gasteiger partial charge in [0.2, 0.25) is 0 Å². The molecule has 3 heteroatoms. The molecule has 0 aliphatic rings. The van der Waals surface area contributed by atoms with Gasteiger partial charge in [0, 0.05) is 45.9 Å². The molecule has 0 saturated carbocycles. The van der Waals surface area contributed by atoms with Crippen molar-refractivity contribution in [1.29, 1.82) is 0 Å². The molecule has 0 unspecified atom stereocenters. The molecule has 7 heavy (non-hydrogen) atoms. The molecule has 0 aromatic rings. The zero-order chi connectivity index (χ0) is 5.41. The summed E-state index contributed by atoms with van der Waals surface area (Å²) in [7, 11) is 0. The Balaban J connectivity index is -0.0000000400. The van der Waals surface area contributed by atoms with Gasteiger partial charge >= 0.3 is 0 Å². The third-order valence-electron chi connectivity index (χ3n) is 0. The minimum Gasteiger partial charge on any atom is -0.397 e. The number of aliphatic hydroxyl groups excluding tert-OH is 2. The molecule has 0 aliphatic heterocycles. The van der Waals surface area contributed by atoms with E-state index < -0.39 is 0 Å². The Morgan fingerprint density at radius 3 is 1.00 bits per heavy atom. The number of aliphatic hydroxyl groups is 2. The van der Waals surface area contributed by atoms with Crippen LogP contribution in [0.15, 0.2) is 0 Å². The van der Waals surface area contributed by atoms with Crippen molar-refractivity contribution >= 4 is 0 Å². The van der Waals surface area contributed by atoms with Crippen molar-refractivity contribution in [3.05, 3.63) is 0 Å². The van der Waals surface area contributed by atoms with Crippen LogP contribution in [0.3, 0.4) is 0 Å². The smallest absolute Gasteiger partial charge is 0.0402 e. The first kappa shape index (κ1) is 15.7. The zero-order valence-electron chi connectivity index (χ0n) is 4.89. The molecule has 43 valence electrons. The minimum atomic E-state index is 0. The third kappa shape index (κ3) is 169. The zero-order valence-corrected chi connectivity index (χ0v) is 7.72. The van der Waals surface area contributed by atoms with E-state index in [0.717, 1.165) is 0 Å². The van der Waals surface area contributed by atoms with Gasteiger partial charge < -0.3 is 10.2 Å². The van der Waals surface area contributed by atoms with E-state index in [2.05, 4.69) is 0 Å². The molecule has 0 rings (SSSR count). The van der Waals surface area contributed by atoms with E-state index >= 15 is 0 Å². The first-order valence-corrected chi connectivity index (χ1v) is 2.05. The topological polar surface area (TPSA) is 40.5 Å². The van der Waals surface area contributed by atoms with Gasteiger partial charge in [-0.1, -0.05) is 0 Å². The van der Waals surface area contributed by atoms with E-state index in [4.69, 9.17) is 10.2 Å². The Hall–Kier alpha value is 1.02. The SMILES string of the molecule is CCO.CCO.[Y]. The maximum Gasteiger partial charge on any atom is 0.0402 e.